The second kappa shape index (κ2) is 6.08. The van der Waals surface area contributed by atoms with Gasteiger partial charge in [-0.15, -0.1) is 0 Å². The van der Waals surface area contributed by atoms with Crippen LogP contribution in [0.15, 0.2) is 43.0 Å². The third-order valence-corrected chi connectivity index (χ3v) is 3.92. The minimum Gasteiger partial charge on any atom is -0.338 e. The van der Waals surface area contributed by atoms with E-state index in [9.17, 15) is 9.18 Å². The number of carbonyl (C=O) groups is 1. The molecule has 0 bridgehead atoms. The molecular formula is C16H18FN3O. The van der Waals surface area contributed by atoms with Crippen molar-refractivity contribution in [3.8, 4) is 0 Å². The highest BCUT2D eigenvalue weighted by molar-refractivity contribution is 5.94. The molecule has 2 heterocycles. The van der Waals surface area contributed by atoms with Gasteiger partial charge < -0.3 is 9.47 Å². The molecule has 1 unspecified atom stereocenters. The molecule has 0 saturated carbocycles. The van der Waals surface area contributed by atoms with E-state index in [1.54, 1.807) is 17.4 Å². The molecule has 0 aliphatic carbocycles. The normalized spacial score (nSPS) is 18.1. The quantitative estimate of drug-likeness (QED) is 0.866. The first kappa shape index (κ1) is 13.8. The Kier molecular flexibility index (Phi) is 3.99. The Balaban J connectivity index is 1.65. The van der Waals surface area contributed by atoms with Gasteiger partial charge in [0.2, 0.25) is 0 Å². The number of hydrogen-bond donors (Lipinski definition) is 0. The minimum atomic E-state index is -0.340. The van der Waals surface area contributed by atoms with Gasteiger partial charge in [-0.3, -0.25) is 9.18 Å². The Labute approximate surface area is 123 Å². The van der Waals surface area contributed by atoms with Crippen LogP contribution in [0.2, 0.25) is 0 Å². The number of nitrogens with zero attached hydrogens (tertiary/aromatic N) is 3. The zero-order valence-electron chi connectivity index (χ0n) is 11.8. The molecule has 21 heavy (non-hydrogen) atoms. The molecule has 110 valence electrons. The molecule has 3 rings (SSSR count). The molecule has 1 aromatic heterocycles. The van der Waals surface area contributed by atoms with E-state index in [2.05, 4.69) is 4.98 Å². The number of imidazole rings is 1. The Morgan fingerprint density at radius 3 is 2.76 bits per heavy atom. The lowest BCUT2D eigenvalue weighted by Crippen LogP contribution is -2.28. The second-order valence-corrected chi connectivity index (χ2v) is 5.49. The zero-order valence-corrected chi connectivity index (χ0v) is 11.8. The number of carbonyl (C=O) groups excluding carboxylic acids is 1. The van der Waals surface area contributed by atoms with Crippen LogP contribution < -0.4 is 0 Å². The summed E-state index contributed by atoms with van der Waals surface area (Å²) in [7, 11) is 0. The second-order valence-electron chi connectivity index (χ2n) is 5.49. The van der Waals surface area contributed by atoms with Gasteiger partial charge in [-0.05, 0) is 24.1 Å². The van der Waals surface area contributed by atoms with E-state index in [1.165, 1.54) is 0 Å². The monoisotopic (exact) mass is 287 g/mol. The first-order chi connectivity index (χ1) is 10.3. The van der Waals surface area contributed by atoms with Crippen LogP contribution in [0.5, 0.6) is 0 Å². The molecule has 2 aromatic rings. The largest absolute Gasteiger partial charge is 0.338 e. The number of benzene rings is 1. The number of alkyl halides is 1. The van der Waals surface area contributed by atoms with Crippen molar-refractivity contribution in [3.05, 3.63) is 54.1 Å². The highest BCUT2D eigenvalue weighted by atomic mass is 19.1. The fourth-order valence-corrected chi connectivity index (χ4v) is 2.67. The van der Waals surface area contributed by atoms with Crippen molar-refractivity contribution in [2.24, 2.45) is 5.92 Å². The smallest absolute Gasteiger partial charge is 0.253 e. The summed E-state index contributed by atoms with van der Waals surface area (Å²) < 4.78 is 14.6. The summed E-state index contributed by atoms with van der Waals surface area (Å²) in [6.45, 7) is 1.59. The predicted molar refractivity (Wildman–Crippen MR) is 77.8 cm³/mol. The van der Waals surface area contributed by atoms with Crippen molar-refractivity contribution in [2.75, 3.05) is 19.8 Å². The van der Waals surface area contributed by atoms with E-state index >= 15 is 0 Å². The van der Waals surface area contributed by atoms with Gasteiger partial charge in [0.15, 0.2) is 0 Å². The van der Waals surface area contributed by atoms with E-state index < -0.39 is 0 Å². The fourth-order valence-electron chi connectivity index (χ4n) is 2.67. The number of aromatic nitrogens is 2. The van der Waals surface area contributed by atoms with Crippen LogP contribution in [0.25, 0.3) is 0 Å². The van der Waals surface area contributed by atoms with Crippen LogP contribution >= 0.6 is 0 Å². The van der Waals surface area contributed by atoms with Crippen LogP contribution in [0.4, 0.5) is 4.39 Å². The molecule has 5 heteroatoms. The molecule has 1 aliphatic rings. The topological polar surface area (TPSA) is 38.1 Å². The average Bonchev–Trinajstić information content (AvgIpc) is 3.18. The summed E-state index contributed by atoms with van der Waals surface area (Å²) in [6.07, 6.45) is 6.17. The average molecular weight is 287 g/mol. The van der Waals surface area contributed by atoms with Gasteiger partial charge in [-0.1, -0.05) is 12.1 Å². The number of likely N-dealkylation sites (tertiary alicyclic amines) is 1. The Hall–Kier alpha value is -2.17. The van der Waals surface area contributed by atoms with Gasteiger partial charge in [0, 0.05) is 43.5 Å². The molecule has 1 fully saturated rings. The van der Waals surface area contributed by atoms with Gasteiger partial charge in [0.05, 0.1) is 13.0 Å². The third kappa shape index (κ3) is 3.12. The summed E-state index contributed by atoms with van der Waals surface area (Å²) >= 11 is 0. The zero-order chi connectivity index (χ0) is 14.7. The van der Waals surface area contributed by atoms with Gasteiger partial charge >= 0.3 is 0 Å². The predicted octanol–water partition coefficient (Wildman–Crippen LogP) is 2.36. The number of halogens is 1. The van der Waals surface area contributed by atoms with E-state index in [0.717, 1.165) is 18.5 Å². The van der Waals surface area contributed by atoms with Crippen LogP contribution in [-0.4, -0.2) is 40.1 Å². The summed E-state index contributed by atoms with van der Waals surface area (Å²) in [5.41, 5.74) is 1.79. The van der Waals surface area contributed by atoms with Crippen molar-refractivity contribution < 1.29 is 9.18 Å². The van der Waals surface area contributed by atoms with E-state index in [1.807, 2.05) is 35.0 Å². The summed E-state index contributed by atoms with van der Waals surface area (Å²) in [5, 5.41) is 0. The first-order valence-corrected chi connectivity index (χ1v) is 7.16. The lowest BCUT2D eigenvalue weighted by molar-refractivity contribution is 0.0785. The van der Waals surface area contributed by atoms with E-state index in [0.29, 0.717) is 18.7 Å². The van der Waals surface area contributed by atoms with Crippen LogP contribution in [0, 0.1) is 5.92 Å². The highest BCUT2D eigenvalue weighted by Gasteiger charge is 2.26. The Morgan fingerprint density at radius 1 is 1.33 bits per heavy atom. The maximum absolute atomic E-state index is 12.6. The van der Waals surface area contributed by atoms with E-state index in [-0.39, 0.29) is 18.5 Å². The van der Waals surface area contributed by atoms with Crippen LogP contribution in [0.1, 0.15) is 22.3 Å². The SMILES string of the molecule is O=C(c1ccc(Cn2ccnc2)cc1)N1CCC(CF)C1. The first-order valence-electron chi connectivity index (χ1n) is 7.16. The summed E-state index contributed by atoms with van der Waals surface area (Å²) in [4.78, 5) is 18.1. The molecular weight excluding hydrogens is 269 g/mol. The molecule has 1 saturated heterocycles. The Morgan fingerprint density at radius 2 is 2.14 bits per heavy atom. The van der Waals surface area contributed by atoms with Crippen molar-refractivity contribution in [1.29, 1.82) is 0 Å². The Bertz CT molecular complexity index is 594. The van der Waals surface area contributed by atoms with Gasteiger partial charge in [-0.2, -0.15) is 0 Å². The summed E-state index contributed by atoms with van der Waals surface area (Å²) in [5.74, 6) is 0.00888. The molecule has 0 N–H and O–H groups in total. The number of hydrogen-bond acceptors (Lipinski definition) is 2. The number of amides is 1. The standard InChI is InChI=1S/C16H18FN3O/c17-9-14-5-7-20(11-14)16(21)15-3-1-13(2-4-15)10-19-8-6-18-12-19/h1-4,6,8,12,14H,5,7,9-11H2. The van der Waals surface area contributed by atoms with Crippen molar-refractivity contribution >= 4 is 5.91 Å². The van der Waals surface area contributed by atoms with Crippen LogP contribution in [-0.2, 0) is 6.54 Å². The molecule has 1 aliphatic heterocycles. The van der Waals surface area contributed by atoms with Crippen molar-refractivity contribution in [3.63, 3.8) is 0 Å². The molecule has 0 spiro atoms. The third-order valence-electron chi connectivity index (χ3n) is 3.92. The maximum atomic E-state index is 12.6. The molecule has 1 aromatic carbocycles. The minimum absolute atomic E-state index is 0.000121. The lowest BCUT2D eigenvalue weighted by Gasteiger charge is -2.16. The molecule has 1 atom stereocenters. The molecule has 0 radical (unpaired) electrons. The fraction of sp³-hybridized carbons (Fsp3) is 0.375. The van der Waals surface area contributed by atoms with Crippen molar-refractivity contribution in [2.45, 2.75) is 13.0 Å². The molecule has 1 amide bonds. The van der Waals surface area contributed by atoms with Gasteiger partial charge in [0.25, 0.3) is 5.91 Å². The van der Waals surface area contributed by atoms with E-state index in [4.69, 9.17) is 0 Å². The highest BCUT2D eigenvalue weighted by Crippen LogP contribution is 2.19. The van der Waals surface area contributed by atoms with Gasteiger partial charge in [0.1, 0.15) is 0 Å². The summed E-state index contributed by atoms with van der Waals surface area (Å²) in [6, 6.07) is 7.60. The van der Waals surface area contributed by atoms with Crippen LogP contribution in [0.3, 0.4) is 0 Å². The maximum Gasteiger partial charge on any atom is 0.253 e. The number of rotatable bonds is 4. The lowest BCUT2D eigenvalue weighted by atomic mass is 10.1. The van der Waals surface area contributed by atoms with Crippen molar-refractivity contribution in [1.82, 2.24) is 14.5 Å². The van der Waals surface area contributed by atoms with Gasteiger partial charge in [-0.25, -0.2) is 4.98 Å². The molecule has 4 nitrogen and oxygen atoms in total.